The molecule has 1 N–H and O–H groups in total. The Morgan fingerprint density at radius 1 is 1.03 bits per heavy atom. The van der Waals surface area contributed by atoms with Crippen LogP contribution >= 0.6 is 15.9 Å². The second-order valence-corrected chi connectivity index (χ2v) is 8.29. The van der Waals surface area contributed by atoms with Crippen LogP contribution in [0.1, 0.15) is 29.5 Å². The zero-order chi connectivity index (χ0) is 21.4. The van der Waals surface area contributed by atoms with Crippen molar-refractivity contribution in [2.24, 2.45) is 4.99 Å². The summed E-state index contributed by atoms with van der Waals surface area (Å²) in [6, 6.07) is 24.2. The van der Waals surface area contributed by atoms with E-state index in [1.807, 2.05) is 42.5 Å². The van der Waals surface area contributed by atoms with Crippen LogP contribution in [-0.2, 0) is 0 Å². The van der Waals surface area contributed by atoms with Crippen LogP contribution < -0.4 is 11.1 Å². The highest BCUT2D eigenvalue weighted by molar-refractivity contribution is 9.10. The van der Waals surface area contributed by atoms with E-state index in [2.05, 4.69) is 56.7 Å². The number of nitrogens with one attached hydrogen (secondary N) is 1. The van der Waals surface area contributed by atoms with Gasteiger partial charge in [-0.15, -0.1) is 5.10 Å². The van der Waals surface area contributed by atoms with Crippen LogP contribution in [0.15, 0.2) is 91.5 Å². The number of aliphatic imine (C=N–C) groups is 1. The summed E-state index contributed by atoms with van der Waals surface area (Å²) in [5.41, 5.74) is 5.73. The summed E-state index contributed by atoms with van der Waals surface area (Å²) in [6.45, 7) is 1.65. The predicted molar refractivity (Wildman–Crippen MR) is 125 cm³/mol. The molecular weight excluding hydrogens is 456 g/mol. The first-order valence-corrected chi connectivity index (χ1v) is 10.7. The molecule has 0 bridgehead atoms. The fraction of sp³-hybridized carbons (Fsp3) is 0.125. The second kappa shape index (κ2) is 8.00. The van der Waals surface area contributed by atoms with Crippen LogP contribution in [0.5, 0.6) is 0 Å². The van der Waals surface area contributed by atoms with E-state index in [-0.39, 0.29) is 6.04 Å². The molecule has 1 atom stereocenters. The topological polar surface area (TPSA) is 72.4 Å². The minimum Gasteiger partial charge on any atom is -0.392 e. The molecule has 4 aromatic rings. The van der Waals surface area contributed by atoms with Gasteiger partial charge in [0.05, 0.1) is 28.8 Å². The highest BCUT2D eigenvalue weighted by Gasteiger charge is 2.21. The first kappa shape index (κ1) is 19.5. The highest BCUT2D eigenvalue weighted by atomic mass is 79.9. The summed E-state index contributed by atoms with van der Waals surface area (Å²) >= 11 is 3.51. The maximum Gasteiger partial charge on any atom is 0.441 e. The molecule has 1 aliphatic rings. The van der Waals surface area contributed by atoms with Gasteiger partial charge < -0.3 is 9.73 Å². The number of fused-ring (bicyclic) bond motifs is 1. The summed E-state index contributed by atoms with van der Waals surface area (Å²) in [5.74, 6) is -0.160. The molecule has 0 saturated heterocycles. The summed E-state index contributed by atoms with van der Waals surface area (Å²) in [7, 11) is 0. The van der Waals surface area contributed by atoms with Gasteiger partial charge in [0.25, 0.3) is 0 Å². The van der Waals surface area contributed by atoms with Crippen LogP contribution in [0.3, 0.4) is 0 Å². The van der Waals surface area contributed by atoms with Crippen LogP contribution in [-0.4, -0.2) is 15.5 Å². The van der Waals surface area contributed by atoms with E-state index in [1.54, 1.807) is 6.92 Å². The van der Waals surface area contributed by atoms with E-state index in [1.165, 1.54) is 10.2 Å². The number of aromatic nitrogens is 2. The number of halogens is 1. The van der Waals surface area contributed by atoms with Crippen molar-refractivity contribution >= 4 is 33.0 Å². The lowest BCUT2D eigenvalue weighted by Gasteiger charge is -2.19. The van der Waals surface area contributed by atoms with E-state index < -0.39 is 5.76 Å². The first-order chi connectivity index (χ1) is 15.1. The van der Waals surface area contributed by atoms with Gasteiger partial charge in [0.1, 0.15) is 0 Å². The molecule has 1 unspecified atom stereocenters. The van der Waals surface area contributed by atoms with Crippen molar-refractivity contribution in [2.75, 3.05) is 5.32 Å². The zero-order valence-corrected chi connectivity index (χ0v) is 18.3. The summed E-state index contributed by atoms with van der Waals surface area (Å²) in [4.78, 5) is 16.9. The third kappa shape index (κ3) is 3.96. The van der Waals surface area contributed by atoms with Gasteiger partial charge in [-0.3, -0.25) is 4.99 Å². The maximum atomic E-state index is 11.9. The third-order valence-electron chi connectivity index (χ3n) is 5.25. The standard InChI is InChI=1S/C24H19BrN4O2/c1-15-28-29(24(30)31-15)19-12-8-17(9-13-19)23-14-22(16-6-10-18(25)11-7-16)26-20-4-2-3-5-21(20)27-23/h2-13,22,26H,14H2,1H3. The zero-order valence-electron chi connectivity index (χ0n) is 16.7. The lowest BCUT2D eigenvalue weighted by atomic mass is 9.97. The SMILES string of the molecule is Cc1nn(-c2ccc(C3=Nc4ccccc4NC(c4ccc(Br)cc4)C3)cc2)c(=O)o1. The molecule has 3 aromatic carbocycles. The fourth-order valence-corrected chi connectivity index (χ4v) is 3.99. The number of rotatable bonds is 3. The average Bonchev–Trinajstić information content (AvgIpc) is 3.00. The van der Waals surface area contributed by atoms with Crippen LogP contribution in [0, 0.1) is 6.92 Å². The smallest absolute Gasteiger partial charge is 0.392 e. The Balaban J connectivity index is 1.53. The molecule has 0 spiro atoms. The molecule has 154 valence electrons. The second-order valence-electron chi connectivity index (χ2n) is 7.37. The van der Waals surface area contributed by atoms with Crippen LogP contribution in [0.4, 0.5) is 11.4 Å². The molecule has 0 saturated carbocycles. The molecule has 2 heterocycles. The number of hydrogen-bond acceptors (Lipinski definition) is 5. The van der Waals surface area contributed by atoms with E-state index in [4.69, 9.17) is 9.41 Å². The lowest BCUT2D eigenvalue weighted by Crippen LogP contribution is -2.15. The Morgan fingerprint density at radius 2 is 1.77 bits per heavy atom. The van der Waals surface area contributed by atoms with Gasteiger partial charge in [-0.25, -0.2) is 4.79 Å². The van der Waals surface area contributed by atoms with Crippen molar-refractivity contribution in [2.45, 2.75) is 19.4 Å². The Labute approximate surface area is 187 Å². The van der Waals surface area contributed by atoms with Crippen molar-refractivity contribution in [3.63, 3.8) is 0 Å². The van der Waals surface area contributed by atoms with E-state index in [0.717, 1.165) is 33.5 Å². The maximum absolute atomic E-state index is 11.9. The summed E-state index contributed by atoms with van der Waals surface area (Å²) < 4.78 is 7.31. The molecule has 0 fully saturated rings. The fourth-order valence-electron chi connectivity index (χ4n) is 3.72. The normalized spacial score (nSPS) is 15.5. The average molecular weight is 475 g/mol. The van der Waals surface area contributed by atoms with Crippen molar-refractivity contribution in [3.8, 4) is 5.69 Å². The molecule has 31 heavy (non-hydrogen) atoms. The summed E-state index contributed by atoms with van der Waals surface area (Å²) in [5, 5.41) is 7.76. The van der Waals surface area contributed by atoms with Crippen LogP contribution in [0.25, 0.3) is 5.69 Å². The molecule has 0 amide bonds. The van der Waals surface area contributed by atoms with E-state index in [0.29, 0.717) is 11.6 Å². The highest BCUT2D eigenvalue weighted by Crippen LogP contribution is 2.35. The molecule has 6 nitrogen and oxygen atoms in total. The Bertz CT molecular complexity index is 1320. The third-order valence-corrected chi connectivity index (χ3v) is 5.78. The van der Waals surface area contributed by atoms with Crippen molar-refractivity contribution in [1.82, 2.24) is 9.78 Å². The lowest BCUT2D eigenvalue weighted by molar-refractivity contribution is 0.477. The predicted octanol–water partition coefficient (Wildman–Crippen LogP) is 5.57. The molecule has 1 aromatic heterocycles. The number of para-hydroxylation sites is 2. The van der Waals surface area contributed by atoms with Crippen molar-refractivity contribution in [3.05, 3.63) is 105 Å². The van der Waals surface area contributed by atoms with Gasteiger partial charge in [-0.1, -0.05) is 52.3 Å². The largest absolute Gasteiger partial charge is 0.441 e. The quantitative estimate of drug-likeness (QED) is 0.420. The number of aryl methyl sites for hydroxylation is 1. The Kier molecular flexibility index (Phi) is 5.03. The Morgan fingerprint density at radius 3 is 2.48 bits per heavy atom. The minimum atomic E-state index is -0.495. The van der Waals surface area contributed by atoms with Crippen molar-refractivity contribution in [1.29, 1.82) is 0 Å². The summed E-state index contributed by atoms with van der Waals surface area (Å²) in [6.07, 6.45) is 0.721. The Hall–Kier alpha value is -3.45. The van der Waals surface area contributed by atoms with Gasteiger partial charge >= 0.3 is 5.76 Å². The molecule has 1 aliphatic heterocycles. The van der Waals surface area contributed by atoms with Gasteiger partial charge in [0.15, 0.2) is 0 Å². The first-order valence-electron chi connectivity index (χ1n) is 9.93. The molecule has 0 aliphatic carbocycles. The number of hydrogen-bond donors (Lipinski definition) is 1. The van der Waals surface area contributed by atoms with E-state index in [9.17, 15) is 4.79 Å². The number of nitrogens with zero attached hydrogens (tertiary/aromatic N) is 3. The monoisotopic (exact) mass is 474 g/mol. The van der Waals surface area contributed by atoms with E-state index >= 15 is 0 Å². The van der Waals surface area contributed by atoms with Gasteiger partial charge in [0.2, 0.25) is 5.89 Å². The molecule has 0 radical (unpaired) electrons. The van der Waals surface area contributed by atoms with Gasteiger partial charge in [0, 0.05) is 17.8 Å². The molecule has 7 heteroatoms. The number of anilines is 1. The molecule has 5 rings (SSSR count). The minimum absolute atomic E-state index is 0.0796. The molecular formula is C24H19BrN4O2. The van der Waals surface area contributed by atoms with Crippen LogP contribution in [0.2, 0.25) is 0 Å². The van der Waals surface area contributed by atoms with Gasteiger partial charge in [-0.05, 0) is 47.5 Å². The number of benzene rings is 3. The van der Waals surface area contributed by atoms with Crippen molar-refractivity contribution < 1.29 is 4.42 Å². The van der Waals surface area contributed by atoms with Gasteiger partial charge in [-0.2, -0.15) is 4.68 Å².